The first kappa shape index (κ1) is 10.7. The Morgan fingerprint density at radius 3 is 3.00 bits per heavy atom. The number of rotatable bonds is 3. The number of fused-ring (bicyclic) bond motifs is 1. The molecule has 0 atom stereocenters. The van der Waals surface area contributed by atoms with Crippen LogP contribution in [-0.2, 0) is 5.75 Å². The lowest BCUT2D eigenvalue weighted by atomic mass is 10.3. The van der Waals surface area contributed by atoms with Crippen molar-refractivity contribution < 1.29 is 0 Å². The van der Waals surface area contributed by atoms with Gasteiger partial charge in [-0.25, -0.2) is 4.98 Å². The van der Waals surface area contributed by atoms with E-state index in [1.165, 1.54) is 20.8 Å². The molecule has 0 saturated heterocycles. The molecular formula is C12H11N3S2. The van der Waals surface area contributed by atoms with Gasteiger partial charge in [-0.15, -0.1) is 23.1 Å². The minimum absolute atomic E-state index is 0.636. The molecule has 0 bridgehead atoms. The number of thioether (sulfide) groups is 1. The third kappa shape index (κ3) is 2.30. The van der Waals surface area contributed by atoms with E-state index in [4.69, 9.17) is 5.73 Å². The van der Waals surface area contributed by atoms with Crippen molar-refractivity contribution in [3.63, 3.8) is 0 Å². The Kier molecular flexibility index (Phi) is 2.78. The third-order valence-corrected chi connectivity index (χ3v) is 4.44. The number of anilines is 1. The molecule has 0 aliphatic rings. The van der Waals surface area contributed by atoms with Crippen molar-refractivity contribution in [1.29, 1.82) is 0 Å². The van der Waals surface area contributed by atoms with Crippen molar-refractivity contribution >= 4 is 39.1 Å². The van der Waals surface area contributed by atoms with Crippen LogP contribution >= 0.6 is 23.1 Å². The van der Waals surface area contributed by atoms with Crippen molar-refractivity contribution in [1.82, 2.24) is 9.97 Å². The van der Waals surface area contributed by atoms with E-state index in [2.05, 4.69) is 34.2 Å². The minimum Gasteiger partial charge on any atom is -0.375 e. The number of hydrogen-bond acceptors (Lipinski definition) is 4. The van der Waals surface area contributed by atoms with Crippen LogP contribution in [0.1, 0.15) is 4.88 Å². The topological polar surface area (TPSA) is 54.7 Å². The molecule has 1 aromatic carbocycles. The highest BCUT2D eigenvalue weighted by atomic mass is 32.2. The van der Waals surface area contributed by atoms with Crippen LogP contribution in [0.3, 0.4) is 0 Å². The number of thiazole rings is 1. The Balaban J connectivity index is 1.76. The fourth-order valence-electron chi connectivity index (χ4n) is 1.66. The van der Waals surface area contributed by atoms with Gasteiger partial charge in [0.05, 0.1) is 5.03 Å². The molecule has 0 spiro atoms. The second kappa shape index (κ2) is 4.43. The number of H-pyrrole nitrogens is 1. The van der Waals surface area contributed by atoms with Gasteiger partial charge in [0.2, 0.25) is 0 Å². The van der Waals surface area contributed by atoms with Crippen LogP contribution in [0.15, 0.2) is 41.6 Å². The van der Waals surface area contributed by atoms with Gasteiger partial charge >= 0.3 is 0 Å². The number of aromatic amines is 1. The number of nitrogens with zero attached hydrogens (tertiary/aromatic N) is 1. The van der Waals surface area contributed by atoms with Crippen molar-refractivity contribution in [2.24, 2.45) is 0 Å². The summed E-state index contributed by atoms with van der Waals surface area (Å²) >= 11 is 3.32. The van der Waals surface area contributed by atoms with E-state index in [-0.39, 0.29) is 0 Å². The van der Waals surface area contributed by atoms with E-state index < -0.39 is 0 Å². The van der Waals surface area contributed by atoms with E-state index in [9.17, 15) is 0 Å². The first-order valence-corrected chi connectivity index (χ1v) is 7.02. The first-order chi connectivity index (χ1) is 8.31. The molecule has 0 fully saturated rings. The summed E-state index contributed by atoms with van der Waals surface area (Å²) in [5.41, 5.74) is 6.78. The Hall–Kier alpha value is -1.46. The van der Waals surface area contributed by atoms with Gasteiger partial charge in [0.15, 0.2) is 5.13 Å². The number of nitrogens with one attached hydrogen (secondary N) is 1. The lowest BCUT2D eigenvalue weighted by Gasteiger charge is -1.94. The summed E-state index contributed by atoms with van der Waals surface area (Å²) < 4.78 is 0. The maximum Gasteiger partial charge on any atom is 0.180 e. The van der Waals surface area contributed by atoms with Gasteiger partial charge in [-0.1, -0.05) is 18.2 Å². The SMILES string of the molecule is Nc1ncc(CSc2cc3ccccc3[nH]2)s1. The van der Waals surface area contributed by atoms with Crippen molar-refractivity contribution in [3.05, 3.63) is 41.4 Å². The standard InChI is InChI=1S/C12H11N3S2/c13-12-14-6-9(17-12)7-16-11-5-8-3-1-2-4-10(8)15-11/h1-6,15H,7H2,(H2,13,14). The monoisotopic (exact) mass is 261 g/mol. The lowest BCUT2D eigenvalue weighted by molar-refractivity contribution is 1.23. The molecule has 3 N–H and O–H groups in total. The zero-order valence-corrected chi connectivity index (χ0v) is 10.6. The van der Waals surface area contributed by atoms with Crippen molar-refractivity contribution in [2.75, 3.05) is 5.73 Å². The molecule has 0 amide bonds. The Labute approximate surface area is 107 Å². The summed E-state index contributed by atoms with van der Waals surface area (Å²) in [6.07, 6.45) is 1.84. The van der Waals surface area contributed by atoms with E-state index in [1.807, 2.05) is 12.3 Å². The molecule has 0 aliphatic carbocycles. The van der Waals surface area contributed by atoms with Gasteiger partial charge in [0, 0.05) is 27.7 Å². The maximum atomic E-state index is 5.60. The Morgan fingerprint density at radius 2 is 2.24 bits per heavy atom. The van der Waals surface area contributed by atoms with E-state index in [0.29, 0.717) is 5.13 Å². The van der Waals surface area contributed by atoms with Gasteiger partial charge in [-0.3, -0.25) is 0 Å². The predicted octanol–water partition coefficient (Wildman–Crippen LogP) is 3.50. The first-order valence-electron chi connectivity index (χ1n) is 5.22. The highest BCUT2D eigenvalue weighted by molar-refractivity contribution is 7.98. The van der Waals surface area contributed by atoms with Crippen molar-refractivity contribution in [2.45, 2.75) is 10.8 Å². The molecule has 86 valence electrons. The molecule has 3 aromatic rings. The quantitative estimate of drug-likeness (QED) is 0.709. The molecule has 5 heteroatoms. The lowest BCUT2D eigenvalue weighted by Crippen LogP contribution is -1.77. The van der Waals surface area contributed by atoms with Gasteiger partial charge < -0.3 is 10.7 Å². The maximum absolute atomic E-state index is 5.60. The average molecular weight is 261 g/mol. The number of nitrogens with two attached hydrogens (primary N) is 1. The van der Waals surface area contributed by atoms with Crippen LogP contribution in [0.4, 0.5) is 5.13 Å². The highest BCUT2D eigenvalue weighted by Crippen LogP contribution is 2.28. The minimum atomic E-state index is 0.636. The summed E-state index contributed by atoms with van der Waals surface area (Å²) in [5.74, 6) is 0.904. The molecule has 0 unspecified atom stereocenters. The molecule has 3 nitrogen and oxygen atoms in total. The van der Waals surface area contributed by atoms with Gasteiger partial charge in [0.1, 0.15) is 0 Å². The van der Waals surface area contributed by atoms with Crippen LogP contribution in [0.5, 0.6) is 0 Å². The van der Waals surface area contributed by atoms with E-state index >= 15 is 0 Å². The molecule has 0 radical (unpaired) electrons. The van der Waals surface area contributed by atoms with Crippen LogP contribution < -0.4 is 5.73 Å². The van der Waals surface area contributed by atoms with Crippen LogP contribution in [-0.4, -0.2) is 9.97 Å². The summed E-state index contributed by atoms with van der Waals surface area (Å²) in [6, 6.07) is 10.5. The summed E-state index contributed by atoms with van der Waals surface area (Å²) in [4.78, 5) is 8.63. The fourth-order valence-corrected chi connectivity index (χ4v) is 3.32. The largest absolute Gasteiger partial charge is 0.375 e. The number of nitrogen functional groups attached to an aromatic ring is 1. The van der Waals surface area contributed by atoms with Gasteiger partial charge in [-0.2, -0.15) is 0 Å². The number of hydrogen-bond donors (Lipinski definition) is 2. The Bertz CT molecular complexity index is 609. The molecule has 2 aromatic heterocycles. The second-order valence-electron chi connectivity index (χ2n) is 3.67. The van der Waals surface area contributed by atoms with Gasteiger partial charge in [0.25, 0.3) is 0 Å². The number of aromatic nitrogens is 2. The molecule has 3 rings (SSSR count). The van der Waals surface area contributed by atoms with E-state index in [0.717, 1.165) is 5.75 Å². The molecule has 17 heavy (non-hydrogen) atoms. The zero-order valence-electron chi connectivity index (χ0n) is 9.01. The summed E-state index contributed by atoms with van der Waals surface area (Å²) in [5, 5.41) is 3.06. The fraction of sp³-hybridized carbons (Fsp3) is 0.0833. The molecule has 0 aliphatic heterocycles. The molecule has 2 heterocycles. The van der Waals surface area contributed by atoms with E-state index in [1.54, 1.807) is 23.1 Å². The smallest absolute Gasteiger partial charge is 0.180 e. The van der Waals surface area contributed by atoms with Crippen LogP contribution in [0, 0.1) is 0 Å². The normalized spacial score (nSPS) is 11.1. The second-order valence-corrected chi connectivity index (χ2v) is 5.84. The van der Waals surface area contributed by atoms with Gasteiger partial charge in [-0.05, 0) is 12.1 Å². The summed E-state index contributed by atoms with van der Waals surface area (Å²) in [6.45, 7) is 0. The number of benzene rings is 1. The Morgan fingerprint density at radius 1 is 1.35 bits per heavy atom. The van der Waals surface area contributed by atoms with Crippen LogP contribution in [0.2, 0.25) is 0 Å². The highest BCUT2D eigenvalue weighted by Gasteiger charge is 2.03. The summed E-state index contributed by atoms with van der Waals surface area (Å²) in [7, 11) is 0. The third-order valence-electron chi connectivity index (χ3n) is 2.45. The van der Waals surface area contributed by atoms with Crippen molar-refractivity contribution in [3.8, 4) is 0 Å². The number of para-hydroxylation sites is 1. The zero-order chi connectivity index (χ0) is 11.7. The predicted molar refractivity (Wildman–Crippen MR) is 74.4 cm³/mol. The average Bonchev–Trinajstić information content (AvgIpc) is 2.91. The molecular weight excluding hydrogens is 250 g/mol. The van der Waals surface area contributed by atoms with Crippen LogP contribution in [0.25, 0.3) is 10.9 Å². The molecule has 0 saturated carbocycles.